The molecule has 1 heterocycles. The lowest BCUT2D eigenvalue weighted by molar-refractivity contribution is -0.140. The highest BCUT2D eigenvalue weighted by molar-refractivity contribution is 5.95. The predicted molar refractivity (Wildman–Crippen MR) is 114 cm³/mol. The van der Waals surface area contributed by atoms with Crippen LogP contribution in [0.2, 0.25) is 0 Å². The summed E-state index contributed by atoms with van der Waals surface area (Å²) in [5, 5.41) is 0. The summed E-state index contributed by atoms with van der Waals surface area (Å²) in [6.07, 6.45) is -3.09. The van der Waals surface area contributed by atoms with E-state index in [1.807, 2.05) is 31.2 Å². The molecule has 0 radical (unpaired) electrons. The van der Waals surface area contributed by atoms with Crippen LogP contribution >= 0.6 is 0 Å². The number of ether oxygens (including phenoxy) is 1. The molecule has 168 valence electrons. The Morgan fingerprint density at radius 2 is 1.75 bits per heavy atom. The largest absolute Gasteiger partial charge is 0.458 e. The van der Waals surface area contributed by atoms with Crippen molar-refractivity contribution in [3.63, 3.8) is 0 Å². The Hall–Kier alpha value is -3.35. The van der Waals surface area contributed by atoms with Crippen molar-refractivity contribution in [2.75, 3.05) is 6.61 Å². The Kier molecular flexibility index (Phi) is 6.87. The van der Waals surface area contributed by atoms with E-state index < -0.39 is 23.6 Å². The monoisotopic (exact) mass is 443 g/mol. The zero-order valence-electron chi connectivity index (χ0n) is 17.9. The molecule has 2 aromatic carbocycles. The molecule has 1 atom stereocenters. The molecular weight excluding hydrogens is 419 g/mol. The second-order valence-electron chi connectivity index (χ2n) is 7.73. The third-order valence-corrected chi connectivity index (χ3v) is 5.48. The topological polar surface area (TPSA) is 46.6 Å². The van der Waals surface area contributed by atoms with Gasteiger partial charge in [0.15, 0.2) is 0 Å². The molecule has 0 saturated heterocycles. The summed E-state index contributed by atoms with van der Waals surface area (Å²) >= 11 is 0. The maximum atomic E-state index is 13.0. The van der Waals surface area contributed by atoms with Crippen LogP contribution in [0.3, 0.4) is 0 Å². The average Bonchev–Trinajstić information content (AvgIpc) is 2.75. The molecule has 2 aromatic rings. The molecule has 0 N–H and O–H groups in total. The highest BCUT2D eigenvalue weighted by Gasteiger charge is 2.37. The smallest absolute Gasteiger partial charge is 0.416 e. The zero-order valence-corrected chi connectivity index (χ0v) is 17.9. The predicted octanol–water partition coefficient (Wildman–Crippen LogP) is 5.53. The van der Waals surface area contributed by atoms with Gasteiger partial charge in [0, 0.05) is 18.0 Å². The van der Waals surface area contributed by atoms with Gasteiger partial charge in [0.1, 0.15) is 6.61 Å². The first-order valence-electron chi connectivity index (χ1n) is 10.1. The second kappa shape index (κ2) is 9.42. The summed E-state index contributed by atoms with van der Waals surface area (Å²) in [4.78, 5) is 27.4. The van der Waals surface area contributed by atoms with Crippen LogP contribution in [0.25, 0.3) is 0 Å². The molecular formula is C25H24F3NO3. The van der Waals surface area contributed by atoms with Crippen LogP contribution in [0.1, 0.15) is 41.5 Å². The lowest BCUT2D eigenvalue weighted by Crippen LogP contribution is -2.38. The summed E-state index contributed by atoms with van der Waals surface area (Å²) < 4.78 is 44.1. The molecule has 0 bridgehead atoms. The van der Waals surface area contributed by atoms with Crippen molar-refractivity contribution < 1.29 is 27.5 Å². The van der Waals surface area contributed by atoms with Gasteiger partial charge < -0.3 is 9.64 Å². The number of alkyl halides is 3. The number of allylic oxidation sites excluding steroid dienone is 1. The Balaban J connectivity index is 2.00. The maximum absolute atomic E-state index is 13.0. The lowest BCUT2D eigenvalue weighted by atomic mass is 9.83. The number of carbonyl (C=O) groups is 2. The van der Waals surface area contributed by atoms with Crippen LogP contribution in [-0.4, -0.2) is 23.4 Å². The van der Waals surface area contributed by atoms with Gasteiger partial charge in [-0.2, -0.15) is 13.2 Å². The lowest BCUT2D eigenvalue weighted by Gasteiger charge is -2.34. The normalized spacial score (nSPS) is 16.8. The number of amides is 1. The van der Waals surface area contributed by atoms with Crippen LogP contribution < -0.4 is 0 Å². The van der Waals surface area contributed by atoms with Gasteiger partial charge in [-0.15, -0.1) is 0 Å². The van der Waals surface area contributed by atoms with Crippen LogP contribution in [0, 0.1) is 6.92 Å². The van der Waals surface area contributed by atoms with E-state index in [9.17, 15) is 22.8 Å². The number of benzene rings is 2. The summed E-state index contributed by atoms with van der Waals surface area (Å²) in [6, 6.07) is 12.2. The van der Waals surface area contributed by atoms with E-state index in [2.05, 4.69) is 6.58 Å². The highest BCUT2D eigenvalue weighted by Crippen LogP contribution is 2.39. The summed E-state index contributed by atoms with van der Waals surface area (Å²) in [5.41, 5.74) is 2.34. The van der Waals surface area contributed by atoms with Crippen molar-refractivity contribution in [1.82, 2.24) is 4.90 Å². The number of nitrogens with zero attached hydrogens (tertiary/aromatic N) is 1. The van der Waals surface area contributed by atoms with Crippen LogP contribution in [0.5, 0.6) is 0 Å². The quantitative estimate of drug-likeness (QED) is 0.436. The van der Waals surface area contributed by atoms with Gasteiger partial charge in [0.25, 0.3) is 0 Å². The van der Waals surface area contributed by atoms with Gasteiger partial charge in [-0.05, 0) is 37.1 Å². The zero-order chi connectivity index (χ0) is 23.5. The molecule has 0 fully saturated rings. The third-order valence-electron chi connectivity index (χ3n) is 5.48. The van der Waals surface area contributed by atoms with Gasteiger partial charge in [0.2, 0.25) is 5.91 Å². The molecule has 1 amide bonds. The van der Waals surface area contributed by atoms with Gasteiger partial charge >= 0.3 is 12.1 Å². The number of aryl methyl sites for hydroxylation is 1. The molecule has 1 aliphatic rings. The van der Waals surface area contributed by atoms with Crippen molar-refractivity contribution in [2.24, 2.45) is 0 Å². The van der Waals surface area contributed by atoms with Crippen molar-refractivity contribution in [1.29, 1.82) is 0 Å². The molecule has 4 nitrogen and oxygen atoms in total. The first kappa shape index (κ1) is 23.3. The fourth-order valence-electron chi connectivity index (χ4n) is 3.75. The van der Waals surface area contributed by atoms with Gasteiger partial charge in [-0.25, -0.2) is 4.79 Å². The minimum Gasteiger partial charge on any atom is -0.458 e. The van der Waals surface area contributed by atoms with Gasteiger partial charge in [0.05, 0.1) is 17.7 Å². The molecule has 7 heteroatoms. The molecule has 1 aliphatic heterocycles. The Labute approximate surface area is 185 Å². The molecule has 0 spiro atoms. The maximum Gasteiger partial charge on any atom is 0.416 e. The van der Waals surface area contributed by atoms with Gasteiger partial charge in [-0.1, -0.05) is 54.6 Å². The first-order chi connectivity index (χ1) is 15.1. The number of hydrogen-bond donors (Lipinski definition) is 0. The van der Waals surface area contributed by atoms with Crippen molar-refractivity contribution in [3.05, 3.63) is 94.7 Å². The first-order valence-corrected chi connectivity index (χ1v) is 10.1. The van der Waals surface area contributed by atoms with E-state index in [0.717, 1.165) is 23.3 Å². The van der Waals surface area contributed by atoms with Crippen LogP contribution in [0.15, 0.2) is 72.5 Å². The van der Waals surface area contributed by atoms with Crippen molar-refractivity contribution >= 4 is 11.9 Å². The summed E-state index contributed by atoms with van der Waals surface area (Å²) in [6.45, 7) is 7.42. The Bertz CT molecular complexity index is 1040. The number of halogens is 3. The Morgan fingerprint density at radius 1 is 1.12 bits per heavy atom. The minimum absolute atomic E-state index is 0.0126. The van der Waals surface area contributed by atoms with E-state index in [0.29, 0.717) is 11.3 Å². The van der Waals surface area contributed by atoms with E-state index in [1.165, 1.54) is 23.1 Å². The number of rotatable bonds is 6. The third kappa shape index (κ3) is 5.10. The van der Waals surface area contributed by atoms with E-state index in [1.54, 1.807) is 6.92 Å². The number of hydrogen-bond acceptors (Lipinski definition) is 3. The fourth-order valence-corrected chi connectivity index (χ4v) is 3.75. The summed E-state index contributed by atoms with van der Waals surface area (Å²) in [5.74, 6) is -1.53. The van der Waals surface area contributed by atoms with Crippen molar-refractivity contribution in [2.45, 2.75) is 38.9 Å². The standard InChI is InChI=1S/C25H24F3NO3/c1-4-13-32-24(31)23-17(3)29(15-18-7-5-16(2)6-8-18)22(30)14-21(23)19-9-11-20(12-10-19)25(26,27)28/h4-12,21H,1,13-15H2,2-3H3/t21-/m0/s1. The molecule has 3 rings (SSSR count). The van der Waals surface area contributed by atoms with E-state index >= 15 is 0 Å². The number of carbonyl (C=O) groups excluding carboxylic acids is 2. The minimum atomic E-state index is -4.47. The molecule has 0 aliphatic carbocycles. The molecule has 32 heavy (non-hydrogen) atoms. The summed E-state index contributed by atoms with van der Waals surface area (Å²) in [7, 11) is 0. The molecule has 0 aromatic heterocycles. The number of esters is 1. The molecule has 0 unspecified atom stereocenters. The van der Waals surface area contributed by atoms with E-state index in [4.69, 9.17) is 4.74 Å². The van der Waals surface area contributed by atoms with E-state index in [-0.39, 0.29) is 31.1 Å². The molecule has 0 saturated carbocycles. The highest BCUT2D eigenvalue weighted by atomic mass is 19.4. The average molecular weight is 443 g/mol. The van der Waals surface area contributed by atoms with Crippen LogP contribution in [-0.2, 0) is 27.0 Å². The van der Waals surface area contributed by atoms with Crippen LogP contribution in [0.4, 0.5) is 13.2 Å². The SMILES string of the molecule is C=CCOC(=O)C1=C(C)N(Cc2ccc(C)cc2)C(=O)C[C@H]1c1ccc(C(F)(F)F)cc1. The Morgan fingerprint density at radius 3 is 2.31 bits per heavy atom. The van der Waals surface area contributed by atoms with Gasteiger partial charge in [-0.3, -0.25) is 4.79 Å². The fraction of sp³-hybridized carbons (Fsp3) is 0.280. The second-order valence-corrected chi connectivity index (χ2v) is 7.73. The van der Waals surface area contributed by atoms with Crippen molar-refractivity contribution in [3.8, 4) is 0 Å².